The molecule has 9 nitrogen and oxygen atoms in total. The Kier molecular flexibility index (Phi) is 5.68. The van der Waals surface area contributed by atoms with Gasteiger partial charge in [-0.25, -0.2) is 14.8 Å². The molecule has 152 valence electrons. The second-order valence-corrected chi connectivity index (χ2v) is 6.73. The number of rotatable bonds is 4. The van der Waals surface area contributed by atoms with Gasteiger partial charge < -0.3 is 20.3 Å². The zero-order valence-electron chi connectivity index (χ0n) is 16.6. The highest BCUT2D eigenvalue weighted by atomic mass is 16.5. The van der Waals surface area contributed by atoms with Crippen LogP contribution in [-0.4, -0.2) is 53.8 Å². The molecular weight excluding hydrogens is 382 g/mol. The van der Waals surface area contributed by atoms with Gasteiger partial charge in [0.25, 0.3) is 0 Å². The number of nitriles is 1. The first-order valence-corrected chi connectivity index (χ1v) is 9.73. The number of hydrogen-bond donors (Lipinski definition) is 2. The maximum absolute atomic E-state index is 11.7. The summed E-state index contributed by atoms with van der Waals surface area (Å²) in [5.74, 6) is 0.563. The number of carbonyl (C=O) groups excluding carboxylic acids is 1. The van der Waals surface area contributed by atoms with Crippen LogP contribution >= 0.6 is 0 Å². The Labute approximate surface area is 173 Å². The predicted molar refractivity (Wildman–Crippen MR) is 113 cm³/mol. The fourth-order valence-electron chi connectivity index (χ4n) is 3.29. The Balaban J connectivity index is 1.77. The molecule has 3 aromatic rings. The van der Waals surface area contributed by atoms with Crippen LogP contribution in [0.4, 0.5) is 16.4 Å². The van der Waals surface area contributed by atoms with Gasteiger partial charge in [-0.1, -0.05) is 12.1 Å². The Morgan fingerprint density at radius 1 is 1.20 bits per heavy atom. The summed E-state index contributed by atoms with van der Waals surface area (Å²) in [6, 6.07) is 9.31. The number of nitrogens with one attached hydrogen (secondary N) is 2. The quantitative estimate of drug-likeness (QED) is 0.688. The van der Waals surface area contributed by atoms with E-state index in [1.807, 2.05) is 31.2 Å². The molecule has 0 atom stereocenters. The number of fused-ring (bicyclic) bond motifs is 1. The first-order valence-electron chi connectivity index (χ1n) is 9.73. The number of carbonyl (C=O) groups is 1. The number of morpholine rings is 1. The van der Waals surface area contributed by atoms with E-state index >= 15 is 0 Å². The van der Waals surface area contributed by atoms with Crippen LogP contribution < -0.4 is 15.5 Å². The molecule has 0 spiro atoms. The van der Waals surface area contributed by atoms with Gasteiger partial charge in [-0.2, -0.15) is 5.26 Å². The summed E-state index contributed by atoms with van der Waals surface area (Å²) in [5, 5.41) is 15.7. The van der Waals surface area contributed by atoms with Gasteiger partial charge in [-0.05, 0) is 19.1 Å². The van der Waals surface area contributed by atoms with Crippen LogP contribution in [0.2, 0.25) is 0 Å². The third-order valence-corrected chi connectivity index (χ3v) is 4.76. The lowest BCUT2D eigenvalue weighted by Gasteiger charge is -2.27. The summed E-state index contributed by atoms with van der Waals surface area (Å²) in [4.78, 5) is 27.4. The molecule has 0 radical (unpaired) electrons. The van der Waals surface area contributed by atoms with Gasteiger partial charge in [0.15, 0.2) is 0 Å². The molecule has 0 bridgehead atoms. The standard InChI is InChI=1S/C21H21N7O2/c1-2-24-21(29)25-16-5-3-14(4-6-16)18-17-13-23-12-15(11-22)19(17)27-20(26-18)28-7-9-30-10-8-28/h3-6,12-13H,2,7-10H2,1H3,(H2,24,25,29). The van der Waals surface area contributed by atoms with Crippen LogP contribution in [0.3, 0.4) is 0 Å². The topological polar surface area (TPSA) is 116 Å². The van der Waals surface area contributed by atoms with Crippen molar-refractivity contribution in [1.82, 2.24) is 20.3 Å². The summed E-state index contributed by atoms with van der Waals surface area (Å²) in [6.45, 7) is 5.01. The molecule has 2 aromatic heterocycles. The first kappa shape index (κ1) is 19.5. The van der Waals surface area contributed by atoms with Crippen molar-refractivity contribution >= 4 is 28.6 Å². The Morgan fingerprint density at radius 3 is 2.67 bits per heavy atom. The number of amides is 2. The first-order chi connectivity index (χ1) is 14.7. The summed E-state index contributed by atoms with van der Waals surface area (Å²) in [5.41, 5.74) is 3.18. The van der Waals surface area contributed by atoms with Crippen LogP contribution in [0.25, 0.3) is 22.2 Å². The molecule has 9 heteroatoms. The molecule has 4 rings (SSSR count). The van der Waals surface area contributed by atoms with Crippen molar-refractivity contribution in [3.63, 3.8) is 0 Å². The summed E-state index contributed by atoms with van der Waals surface area (Å²) in [6.07, 6.45) is 3.19. The van der Waals surface area contributed by atoms with Gasteiger partial charge in [-0.3, -0.25) is 4.98 Å². The number of nitrogens with zero attached hydrogens (tertiary/aromatic N) is 5. The maximum atomic E-state index is 11.7. The number of benzene rings is 1. The number of anilines is 2. The van der Waals surface area contributed by atoms with E-state index in [1.54, 1.807) is 6.20 Å². The number of hydrogen-bond acceptors (Lipinski definition) is 7. The lowest BCUT2D eigenvalue weighted by molar-refractivity contribution is 0.122. The average molecular weight is 403 g/mol. The monoisotopic (exact) mass is 403 g/mol. The van der Waals surface area contributed by atoms with Crippen molar-refractivity contribution in [2.75, 3.05) is 43.1 Å². The van der Waals surface area contributed by atoms with Gasteiger partial charge in [0.05, 0.1) is 30.0 Å². The molecule has 2 amide bonds. The number of aromatic nitrogens is 3. The largest absolute Gasteiger partial charge is 0.378 e. The van der Waals surface area contributed by atoms with Crippen molar-refractivity contribution in [2.24, 2.45) is 0 Å². The number of ether oxygens (including phenoxy) is 1. The molecule has 1 aromatic carbocycles. The molecule has 1 aliphatic rings. The molecule has 1 saturated heterocycles. The van der Waals surface area contributed by atoms with Crippen molar-refractivity contribution in [2.45, 2.75) is 6.92 Å². The lowest BCUT2D eigenvalue weighted by atomic mass is 10.1. The van der Waals surface area contributed by atoms with Crippen LogP contribution in [-0.2, 0) is 4.74 Å². The third kappa shape index (κ3) is 3.99. The fraction of sp³-hybridized carbons (Fsp3) is 0.286. The van der Waals surface area contributed by atoms with Gasteiger partial charge in [0.2, 0.25) is 5.95 Å². The Morgan fingerprint density at radius 2 is 1.97 bits per heavy atom. The highest BCUT2D eigenvalue weighted by Crippen LogP contribution is 2.30. The summed E-state index contributed by atoms with van der Waals surface area (Å²) < 4.78 is 5.43. The van der Waals surface area contributed by atoms with E-state index in [-0.39, 0.29) is 6.03 Å². The predicted octanol–water partition coefficient (Wildman–Crippen LogP) is 2.54. The lowest BCUT2D eigenvalue weighted by Crippen LogP contribution is -2.37. The highest BCUT2D eigenvalue weighted by Gasteiger charge is 2.19. The van der Waals surface area contributed by atoms with Crippen molar-refractivity contribution in [1.29, 1.82) is 5.26 Å². The second-order valence-electron chi connectivity index (χ2n) is 6.73. The zero-order chi connectivity index (χ0) is 20.9. The molecule has 30 heavy (non-hydrogen) atoms. The van der Waals surface area contributed by atoms with Gasteiger partial charge >= 0.3 is 6.03 Å². The molecule has 3 heterocycles. The van der Waals surface area contributed by atoms with Gasteiger partial charge in [0.1, 0.15) is 6.07 Å². The molecular formula is C21H21N7O2. The van der Waals surface area contributed by atoms with E-state index in [9.17, 15) is 10.1 Å². The minimum absolute atomic E-state index is 0.254. The smallest absolute Gasteiger partial charge is 0.319 e. The van der Waals surface area contributed by atoms with Crippen LogP contribution in [0.5, 0.6) is 0 Å². The van der Waals surface area contributed by atoms with Crippen molar-refractivity contribution in [3.05, 3.63) is 42.2 Å². The Bertz CT molecular complexity index is 1100. The summed E-state index contributed by atoms with van der Waals surface area (Å²) in [7, 11) is 0. The van der Waals surface area contributed by atoms with E-state index in [0.29, 0.717) is 66.6 Å². The van der Waals surface area contributed by atoms with Crippen molar-refractivity contribution < 1.29 is 9.53 Å². The van der Waals surface area contributed by atoms with E-state index in [4.69, 9.17) is 9.72 Å². The van der Waals surface area contributed by atoms with Crippen molar-refractivity contribution in [3.8, 4) is 17.3 Å². The van der Waals surface area contributed by atoms with Crippen LogP contribution in [0.15, 0.2) is 36.7 Å². The van der Waals surface area contributed by atoms with E-state index in [0.717, 1.165) is 5.56 Å². The van der Waals surface area contributed by atoms with E-state index in [1.165, 1.54) is 6.20 Å². The highest BCUT2D eigenvalue weighted by molar-refractivity contribution is 5.96. The Hall–Kier alpha value is -3.77. The van der Waals surface area contributed by atoms with Gasteiger partial charge in [0, 0.05) is 48.7 Å². The van der Waals surface area contributed by atoms with Crippen LogP contribution in [0, 0.1) is 11.3 Å². The average Bonchev–Trinajstić information content (AvgIpc) is 2.79. The molecule has 0 unspecified atom stereocenters. The maximum Gasteiger partial charge on any atom is 0.319 e. The summed E-state index contributed by atoms with van der Waals surface area (Å²) >= 11 is 0. The minimum Gasteiger partial charge on any atom is -0.378 e. The van der Waals surface area contributed by atoms with E-state index < -0.39 is 0 Å². The molecule has 0 saturated carbocycles. The minimum atomic E-state index is -0.254. The molecule has 1 aliphatic heterocycles. The zero-order valence-corrected chi connectivity index (χ0v) is 16.6. The fourth-order valence-corrected chi connectivity index (χ4v) is 3.29. The molecule has 2 N–H and O–H groups in total. The second kappa shape index (κ2) is 8.71. The third-order valence-electron chi connectivity index (χ3n) is 4.76. The van der Waals surface area contributed by atoms with Gasteiger partial charge in [-0.15, -0.1) is 0 Å². The number of pyridine rings is 1. The molecule has 1 fully saturated rings. The van der Waals surface area contributed by atoms with Crippen LogP contribution in [0.1, 0.15) is 12.5 Å². The SMILES string of the molecule is CCNC(=O)Nc1ccc(-c2nc(N3CCOCC3)nc3c(C#N)cncc23)cc1. The molecule has 0 aliphatic carbocycles. The normalized spacial score (nSPS) is 13.7. The number of urea groups is 1. The van der Waals surface area contributed by atoms with E-state index in [2.05, 4.69) is 31.6 Å².